The van der Waals surface area contributed by atoms with E-state index in [9.17, 15) is 19.2 Å². The van der Waals surface area contributed by atoms with Gasteiger partial charge in [0.2, 0.25) is 11.8 Å². The number of likely N-dealkylation sites (tertiary alicyclic amines) is 1. The lowest BCUT2D eigenvalue weighted by Crippen LogP contribution is -2.48. The molecule has 1 aliphatic carbocycles. The third-order valence-electron chi connectivity index (χ3n) is 9.57. The molecule has 11 nitrogen and oxygen atoms in total. The second kappa shape index (κ2) is 17.6. The summed E-state index contributed by atoms with van der Waals surface area (Å²) in [6, 6.07) is 26.5. The number of nitrogens with zero attached hydrogens (tertiary/aromatic N) is 2. The van der Waals surface area contributed by atoms with E-state index in [0.717, 1.165) is 36.1 Å². The Bertz CT molecular complexity index is 1860. The summed E-state index contributed by atoms with van der Waals surface area (Å²) in [7, 11) is 0. The van der Waals surface area contributed by atoms with Crippen LogP contribution >= 0.6 is 11.3 Å². The molecule has 6 rings (SSSR count). The van der Waals surface area contributed by atoms with Crippen LogP contribution in [0.4, 0.5) is 4.79 Å². The van der Waals surface area contributed by atoms with Crippen molar-refractivity contribution in [2.24, 2.45) is 22.6 Å². The predicted molar refractivity (Wildman–Crippen MR) is 199 cm³/mol. The van der Waals surface area contributed by atoms with Crippen LogP contribution in [-0.4, -0.2) is 53.7 Å². The number of nitrogens with one attached hydrogen (secondary N) is 2. The fourth-order valence-electron chi connectivity index (χ4n) is 6.81. The van der Waals surface area contributed by atoms with Crippen LogP contribution in [0.5, 0.6) is 11.5 Å². The number of thiophene rings is 1. The van der Waals surface area contributed by atoms with Crippen molar-refractivity contribution in [2.75, 3.05) is 13.1 Å². The lowest BCUT2D eigenvalue weighted by atomic mass is 9.79. The molecule has 0 bridgehead atoms. The molecule has 0 radical (unpaired) electrons. The van der Waals surface area contributed by atoms with Crippen LogP contribution in [0.3, 0.4) is 0 Å². The third-order valence-corrected chi connectivity index (χ3v) is 10.5. The zero-order chi connectivity index (χ0) is 36.3. The van der Waals surface area contributed by atoms with Gasteiger partial charge in [-0.2, -0.15) is 4.99 Å². The van der Waals surface area contributed by atoms with Gasteiger partial charge in [0, 0.05) is 27.9 Å². The van der Waals surface area contributed by atoms with Gasteiger partial charge < -0.3 is 30.7 Å². The fourth-order valence-corrected chi connectivity index (χ4v) is 7.63. The van der Waals surface area contributed by atoms with Gasteiger partial charge in [0.25, 0.3) is 5.91 Å². The molecule has 52 heavy (non-hydrogen) atoms. The van der Waals surface area contributed by atoms with Crippen molar-refractivity contribution in [2.45, 2.75) is 57.7 Å². The molecule has 12 heteroatoms. The second-order valence-electron chi connectivity index (χ2n) is 13.1. The molecule has 2 fully saturated rings. The molecular formula is C40H43N5O6S. The summed E-state index contributed by atoms with van der Waals surface area (Å²) in [5, 5.41) is 7.51. The molecule has 4 amide bonds. The summed E-state index contributed by atoms with van der Waals surface area (Å²) in [5.41, 5.74) is 7.87. The van der Waals surface area contributed by atoms with Crippen LogP contribution in [0, 0.1) is 11.8 Å². The first-order valence-corrected chi connectivity index (χ1v) is 18.5. The number of aliphatic imine (C=N–C) groups is 1. The van der Waals surface area contributed by atoms with E-state index in [1.165, 1.54) is 17.8 Å². The van der Waals surface area contributed by atoms with E-state index in [-0.39, 0.29) is 49.2 Å². The highest BCUT2D eigenvalue weighted by Gasteiger charge is 2.42. The normalized spacial score (nSPS) is 17.7. The Kier molecular flexibility index (Phi) is 12.3. The molecule has 1 saturated heterocycles. The zero-order valence-corrected chi connectivity index (χ0v) is 29.7. The molecule has 0 unspecified atom stereocenters. The van der Waals surface area contributed by atoms with Crippen molar-refractivity contribution < 1.29 is 28.7 Å². The summed E-state index contributed by atoms with van der Waals surface area (Å²) in [6.07, 6.45) is 5.53. The van der Waals surface area contributed by atoms with Crippen molar-refractivity contribution in [3.05, 3.63) is 118 Å². The van der Waals surface area contributed by atoms with Gasteiger partial charge in [-0.15, -0.1) is 11.3 Å². The van der Waals surface area contributed by atoms with Gasteiger partial charge in [-0.05, 0) is 66.3 Å². The molecule has 3 aromatic carbocycles. The number of amides is 4. The van der Waals surface area contributed by atoms with E-state index in [2.05, 4.69) is 15.6 Å². The number of carbonyl (C=O) groups is 4. The van der Waals surface area contributed by atoms with Gasteiger partial charge in [0.1, 0.15) is 30.0 Å². The minimum absolute atomic E-state index is 0.0216. The van der Waals surface area contributed by atoms with Gasteiger partial charge in [-0.1, -0.05) is 80.6 Å². The van der Waals surface area contributed by atoms with Gasteiger partial charge in [-0.3, -0.25) is 14.4 Å². The first kappa shape index (κ1) is 36.3. The Morgan fingerprint density at radius 2 is 1.52 bits per heavy atom. The maximum Gasteiger partial charge on any atom is 0.435 e. The molecule has 270 valence electrons. The molecule has 2 heterocycles. The maximum absolute atomic E-state index is 13.7. The molecule has 1 saturated carbocycles. The highest BCUT2D eigenvalue weighted by Crippen LogP contribution is 2.37. The minimum Gasteiger partial charge on any atom is -0.457 e. The average Bonchev–Trinajstić information content (AvgIpc) is 3.85. The third kappa shape index (κ3) is 9.85. The van der Waals surface area contributed by atoms with E-state index >= 15 is 0 Å². The lowest BCUT2D eigenvalue weighted by Gasteiger charge is -2.27. The molecule has 1 aliphatic heterocycles. The van der Waals surface area contributed by atoms with E-state index < -0.39 is 12.1 Å². The molecular weight excluding hydrogens is 679 g/mol. The van der Waals surface area contributed by atoms with Crippen molar-refractivity contribution in [1.82, 2.24) is 15.5 Å². The van der Waals surface area contributed by atoms with Gasteiger partial charge in [0.15, 0.2) is 0 Å². The Labute approximate surface area is 307 Å². The maximum atomic E-state index is 13.7. The fraction of sp³-hybridized carbons (Fsp3) is 0.325. The summed E-state index contributed by atoms with van der Waals surface area (Å²) >= 11 is 1.38. The summed E-state index contributed by atoms with van der Waals surface area (Å²) in [4.78, 5) is 58.7. The number of amidine groups is 1. The number of para-hydroxylation sites is 1. The predicted octanol–water partition coefficient (Wildman–Crippen LogP) is 6.43. The summed E-state index contributed by atoms with van der Waals surface area (Å²) in [5.74, 6) is 1.07. The smallest absolute Gasteiger partial charge is 0.435 e. The van der Waals surface area contributed by atoms with Crippen LogP contribution in [0.1, 0.15) is 64.9 Å². The number of benzene rings is 3. The van der Waals surface area contributed by atoms with Gasteiger partial charge in [-0.25, -0.2) is 4.79 Å². The standard InChI is InChI=1S/C40H43N5O6S/c41-37(44-40(49)50-25-27-10-4-1-5-11-27)31-20-34(52-26-31)22-42-39(48)35-21-30(28-12-6-2-7-13-28)24-45(35)36(46)23-43-38(47)29-16-18-33(19-17-29)51-32-14-8-3-9-15-32/h1,3-5,8-11,14-20,26,28,30,35H,2,6-7,12-13,21-25H2,(H,42,48)(H,43,47)(H2,41,44,49)/t30-,35+/m1/s1. The Morgan fingerprint density at radius 3 is 2.25 bits per heavy atom. The highest BCUT2D eigenvalue weighted by molar-refractivity contribution is 7.10. The number of hydrogen-bond donors (Lipinski definition) is 3. The quantitative estimate of drug-likeness (QED) is 0.113. The lowest BCUT2D eigenvalue weighted by molar-refractivity contribution is -0.137. The van der Waals surface area contributed by atoms with Crippen molar-refractivity contribution >= 4 is 41.0 Å². The molecule has 4 N–H and O–H groups in total. The highest BCUT2D eigenvalue weighted by atomic mass is 32.1. The van der Waals surface area contributed by atoms with Crippen molar-refractivity contribution in [3.63, 3.8) is 0 Å². The van der Waals surface area contributed by atoms with Crippen LogP contribution in [0.15, 0.2) is 101 Å². The van der Waals surface area contributed by atoms with Crippen LogP contribution in [-0.2, 0) is 27.5 Å². The molecule has 1 aromatic heterocycles. The Hall–Kier alpha value is -5.49. The van der Waals surface area contributed by atoms with E-state index in [4.69, 9.17) is 15.2 Å². The largest absolute Gasteiger partial charge is 0.457 e. The Morgan fingerprint density at radius 1 is 0.827 bits per heavy atom. The molecule has 2 aliphatic rings. The van der Waals surface area contributed by atoms with E-state index in [0.29, 0.717) is 41.5 Å². The van der Waals surface area contributed by atoms with Gasteiger partial charge >= 0.3 is 6.09 Å². The van der Waals surface area contributed by atoms with E-state index in [1.807, 2.05) is 60.7 Å². The molecule has 0 spiro atoms. The van der Waals surface area contributed by atoms with Crippen molar-refractivity contribution in [1.29, 1.82) is 0 Å². The minimum atomic E-state index is -0.788. The van der Waals surface area contributed by atoms with Gasteiger partial charge in [0.05, 0.1) is 13.1 Å². The number of hydrogen-bond acceptors (Lipinski definition) is 7. The monoisotopic (exact) mass is 721 g/mol. The number of carbonyl (C=O) groups excluding carboxylic acids is 4. The van der Waals surface area contributed by atoms with Crippen LogP contribution < -0.4 is 21.1 Å². The average molecular weight is 722 g/mol. The Balaban J connectivity index is 1.03. The summed E-state index contributed by atoms with van der Waals surface area (Å²) < 4.78 is 11.0. The number of ether oxygens (including phenoxy) is 2. The summed E-state index contributed by atoms with van der Waals surface area (Å²) in [6.45, 7) is 0.580. The topological polar surface area (TPSA) is 152 Å². The first-order chi connectivity index (χ1) is 25.3. The molecule has 4 aromatic rings. The second-order valence-corrected chi connectivity index (χ2v) is 14.1. The first-order valence-electron chi connectivity index (χ1n) is 17.6. The van der Waals surface area contributed by atoms with Crippen LogP contribution in [0.2, 0.25) is 0 Å². The van der Waals surface area contributed by atoms with E-state index in [1.54, 1.807) is 40.6 Å². The number of nitrogens with two attached hydrogens (primary N) is 1. The van der Waals surface area contributed by atoms with Crippen molar-refractivity contribution in [3.8, 4) is 11.5 Å². The molecule has 2 atom stereocenters. The SMILES string of the molecule is NC(=NC(=O)OCc1ccccc1)c1csc(CNC(=O)[C@@H]2C[C@@H](C3CCCCC3)CN2C(=O)CNC(=O)c2ccc(Oc3ccccc3)cc2)c1. The number of rotatable bonds is 12. The van der Waals surface area contributed by atoms with Crippen LogP contribution in [0.25, 0.3) is 0 Å². The zero-order valence-electron chi connectivity index (χ0n) is 28.9.